The first-order valence-corrected chi connectivity index (χ1v) is 6.76. The van der Waals surface area contributed by atoms with Crippen molar-refractivity contribution in [1.82, 2.24) is 4.90 Å². The summed E-state index contributed by atoms with van der Waals surface area (Å²) in [6.07, 6.45) is 4.25. The molecule has 0 radical (unpaired) electrons. The molecule has 1 aromatic carbocycles. The van der Waals surface area contributed by atoms with Crippen LogP contribution in [0.25, 0.3) is 6.08 Å². The zero-order chi connectivity index (χ0) is 14.8. The van der Waals surface area contributed by atoms with Gasteiger partial charge in [0.2, 0.25) is 5.91 Å². The van der Waals surface area contributed by atoms with Crippen LogP contribution < -0.4 is 4.74 Å². The van der Waals surface area contributed by atoms with Crippen LogP contribution in [-0.4, -0.2) is 41.7 Å². The fourth-order valence-electron chi connectivity index (χ4n) is 1.99. The van der Waals surface area contributed by atoms with E-state index >= 15 is 0 Å². The Morgan fingerprint density at radius 3 is 2.95 bits per heavy atom. The number of nitrogens with zero attached hydrogens (tertiary/aromatic N) is 1. The van der Waals surface area contributed by atoms with Gasteiger partial charge >= 0.3 is 0 Å². The normalized spacial score (nSPS) is 14.2. The molecule has 4 heteroatoms. The Morgan fingerprint density at radius 1 is 1.50 bits per heavy atom. The van der Waals surface area contributed by atoms with Gasteiger partial charge in [-0.15, -0.1) is 0 Å². The van der Waals surface area contributed by atoms with Gasteiger partial charge in [0.1, 0.15) is 5.75 Å². The number of benzene rings is 1. The smallest absolute Gasteiger partial charge is 0.246 e. The zero-order valence-corrected chi connectivity index (χ0v) is 12.2. The summed E-state index contributed by atoms with van der Waals surface area (Å²) in [5, 5.41) is 9.27. The summed E-state index contributed by atoms with van der Waals surface area (Å²) in [6.45, 7) is 4.31. The van der Waals surface area contributed by atoms with Crippen LogP contribution in [0.5, 0.6) is 5.75 Å². The predicted molar refractivity (Wildman–Crippen MR) is 78.6 cm³/mol. The highest BCUT2D eigenvalue weighted by atomic mass is 16.5. The summed E-state index contributed by atoms with van der Waals surface area (Å²) in [5.41, 5.74) is 1.61. The van der Waals surface area contributed by atoms with E-state index < -0.39 is 5.54 Å². The van der Waals surface area contributed by atoms with Crippen molar-refractivity contribution in [2.75, 3.05) is 20.3 Å². The molecule has 1 N–H and O–H groups in total. The molecule has 0 saturated heterocycles. The number of hydrogen-bond acceptors (Lipinski definition) is 3. The first-order valence-electron chi connectivity index (χ1n) is 6.76. The average molecular weight is 275 g/mol. The molecule has 0 spiro atoms. The largest absolute Gasteiger partial charge is 0.493 e. The molecule has 0 aliphatic carbocycles. The molecule has 1 aromatic rings. The monoisotopic (exact) mass is 275 g/mol. The predicted octanol–water partition coefficient (Wildman–Crippen LogP) is 1.86. The molecule has 0 saturated carbocycles. The number of carbonyl (C=O) groups excluding carboxylic acids is 1. The third-order valence-electron chi connectivity index (χ3n) is 3.76. The van der Waals surface area contributed by atoms with Crippen molar-refractivity contribution in [2.24, 2.45) is 0 Å². The molecule has 1 heterocycles. The highest BCUT2D eigenvalue weighted by Crippen LogP contribution is 2.26. The summed E-state index contributed by atoms with van der Waals surface area (Å²) < 4.78 is 5.45. The van der Waals surface area contributed by atoms with Gasteiger partial charge < -0.3 is 14.7 Å². The standard InChI is InChI=1S/C16H21NO3/c1-16(2,11-18)17(3)15(19)7-5-12-4-6-14-13(10-12)8-9-20-14/h4-7,10,18H,8-9,11H2,1-3H3/b7-5+. The second-order valence-electron chi connectivity index (χ2n) is 5.67. The summed E-state index contributed by atoms with van der Waals surface area (Å²) in [4.78, 5) is 13.6. The quantitative estimate of drug-likeness (QED) is 0.853. The number of rotatable bonds is 4. The van der Waals surface area contributed by atoms with Gasteiger partial charge in [-0.1, -0.05) is 6.07 Å². The second kappa shape index (κ2) is 5.67. The minimum absolute atomic E-state index is 0.0702. The summed E-state index contributed by atoms with van der Waals surface area (Å²) in [5.74, 6) is 0.813. The fourth-order valence-corrected chi connectivity index (χ4v) is 1.99. The van der Waals surface area contributed by atoms with Gasteiger partial charge in [0.05, 0.1) is 18.8 Å². The molecule has 0 atom stereocenters. The number of ether oxygens (including phenoxy) is 1. The van der Waals surface area contributed by atoms with Crippen LogP contribution in [-0.2, 0) is 11.2 Å². The summed E-state index contributed by atoms with van der Waals surface area (Å²) in [7, 11) is 1.69. The van der Waals surface area contributed by atoms with Gasteiger partial charge in [-0.3, -0.25) is 4.79 Å². The van der Waals surface area contributed by atoms with E-state index in [2.05, 4.69) is 0 Å². The lowest BCUT2D eigenvalue weighted by Crippen LogP contribution is -2.47. The Kier molecular flexibility index (Phi) is 4.14. The van der Waals surface area contributed by atoms with Crippen molar-refractivity contribution >= 4 is 12.0 Å². The van der Waals surface area contributed by atoms with E-state index in [1.807, 2.05) is 32.0 Å². The lowest BCUT2D eigenvalue weighted by Gasteiger charge is -2.33. The first-order chi connectivity index (χ1) is 9.44. The van der Waals surface area contributed by atoms with Crippen LogP contribution >= 0.6 is 0 Å². The molecule has 1 amide bonds. The molecular weight excluding hydrogens is 254 g/mol. The lowest BCUT2D eigenvalue weighted by atomic mass is 10.0. The Morgan fingerprint density at radius 2 is 2.25 bits per heavy atom. The third-order valence-corrected chi connectivity index (χ3v) is 3.76. The first kappa shape index (κ1) is 14.6. The zero-order valence-electron chi connectivity index (χ0n) is 12.2. The van der Waals surface area contributed by atoms with Crippen molar-refractivity contribution < 1.29 is 14.6 Å². The van der Waals surface area contributed by atoms with E-state index in [9.17, 15) is 9.90 Å². The van der Waals surface area contributed by atoms with Crippen molar-refractivity contribution in [3.8, 4) is 5.75 Å². The molecule has 1 aliphatic heterocycles. The van der Waals surface area contributed by atoms with Gasteiger partial charge in [-0.25, -0.2) is 0 Å². The van der Waals surface area contributed by atoms with Crippen LogP contribution in [0.4, 0.5) is 0 Å². The van der Waals surface area contributed by atoms with E-state index in [1.165, 1.54) is 11.6 Å². The van der Waals surface area contributed by atoms with Gasteiger partial charge in [-0.2, -0.15) is 0 Å². The summed E-state index contributed by atoms with van der Waals surface area (Å²) >= 11 is 0. The van der Waals surface area contributed by atoms with Crippen LogP contribution in [0.15, 0.2) is 24.3 Å². The number of carbonyl (C=O) groups is 1. The highest BCUT2D eigenvalue weighted by molar-refractivity contribution is 5.92. The van der Waals surface area contributed by atoms with E-state index in [0.29, 0.717) is 0 Å². The number of amides is 1. The molecule has 0 aromatic heterocycles. The third kappa shape index (κ3) is 3.02. The van der Waals surface area contributed by atoms with Gasteiger partial charge in [0.25, 0.3) is 0 Å². The Labute approximate surface area is 119 Å². The molecule has 0 fully saturated rings. The maximum atomic E-state index is 12.1. The SMILES string of the molecule is CN(C(=O)/C=C/c1ccc2c(c1)CCO2)C(C)(C)CO. The lowest BCUT2D eigenvalue weighted by molar-refractivity contribution is -0.130. The molecule has 0 bridgehead atoms. The van der Waals surface area contributed by atoms with Gasteiger partial charge in [0.15, 0.2) is 0 Å². The molecular formula is C16H21NO3. The number of likely N-dealkylation sites (N-methyl/N-ethyl adjacent to an activating group) is 1. The minimum Gasteiger partial charge on any atom is -0.493 e. The molecule has 108 valence electrons. The number of aliphatic hydroxyl groups is 1. The second-order valence-corrected chi connectivity index (χ2v) is 5.67. The molecule has 2 rings (SSSR count). The minimum atomic E-state index is -0.562. The van der Waals surface area contributed by atoms with E-state index in [0.717, 1.165) is 24.3 Å². The molecule has 0 unspecified atom stereocenters. The van der Waals surface area contributed by atoms with Crippen LogP contribution in [0, 0.1) is 0 Å². The van der Waals surface area contributed by atoms with E-state index in [1.54, 1.807) is 18.0 Å². The average Bonchev–Trinajstić information content (AvgIpc) is 2.91. The fraction of sp³-hybridized carbons (Fsp3) is 0.438. The number of aliphatic hydroxyl groups excluding tert-OH is 1. The van der Waals surface area contributed by atoms with Gasteiger partial charge in [-0.05, 0) is 43.2 Å². The highest BCUT2D eigenvalue weighted by Gasteiger charge is 2.25. The van der Waals surface area contributed by atoms with Crippen LogP contribution in [0.3, 0.4) is 0 Å². The van der Waals surface area contributed by atoms with E-state index in [-0.39, 0.29) is 12.5 Å². The van der Waals surface area contributed by atoms with Gasteiger partial charge in [0, 0.05) is 19.5 Å². The molecule has 4 nitrogen and oxygen atoms in total. The van der Waals surface area contributed by atoms with Crippen molar-refractivity contribution in [3.63, 3.8) is 0 Å². The van der Waals surface area contributed by atoms with Crippen molar-refractivity contribution in [1.29, 1.82) is 0 Å². The van der Waals surface area contributed by atoms with Crippen LogP contribution in [0.1, 0.15) is 25.0 Å². The van der Waals surface area contributed by atoms with Crippen molar-refractivity contribution in [3.05, 3.63) is 35.4 Å². The Bertz CT molecular complexity index is 535. The molecule has 1 aliphatic rings. The molecule has 20 heavy (non-hydrogen) atoms. The Hall–Kier alpha value is -1.81. The Balaban J connectivity index is 2.08. The number of hydrogen-bond donors (Lipinski definition) is 1. The maximum Gasteiger partial charge on any atom is 0.246 e. The van der Waals surface area contributed by atoms with Crippen LogP contribution in [0.2, 0.25) is 0 Å². The van der Waals surface area contributed by atoms with Crippen molar-refractivity contribution in [2.45, 2.75) is 25.8 Å². The van der Waals surface area contributed by atoms with E-state index in [4.69, 9.17) is 4.74 Å². The summed E-state index contributed by atoms with van der Waals surface area (Å²) in [6, 6.07) is 5.92. The maximum absolute atomic E-state index is 12.1. The number of fused-ring (bicyclic) bond motifs is 1. The topological polar surface area (TPSA) is 49.8 Å².